The number of hydrogen-bond donors (Lipinski definition) is 3. The Morgan fingerprint density at radius 2 is 1.89 bits per heavy atom. The maximum Gasteiger partial charge on any atom is 0.190 e. The van der Waals surface area contributed by atoms with E-state index in [1.807, 2.05) is 7.05 Å². The average molecular weight is 385 g/mol. The number of hydrogen-bond acceptors (Lipinski definition) is 3. The molecule has 3 rings (SSSR count). The summed E-state index contributed by atoms with van der Waals surface area (Å²) in [5, 5.41) is 8.20. The second-order valence-electron chi connectivity index (χ2n) is 7.89. The summed E-state index contributed by atoms with van der Waals surface area (Å²) >= 11 is 0. The fraction of sp³-hybridized carbons (Fsp3) is 0.591. The molecule has 1 saturated heterocycles. The zero-order valence-corrected chi connectivity index (χ0v) is 17.7. The number of nitrogens with one attached hydrogen (secondary N) is 3. The smallest absolute Gasteiger partial charge is 0.190 e. The number of piperazine rings is 1. The summed E-state index contributed by atoms with van der Waals surface area (Å²) < 4.78 is 0. The summed E-state index contributed by atoms with van der Waals surface area (Å²) in [7, 11) is 4.05. The number of fused-ring (bicyclic) bond motifs is 1. The third-order valence-electron chi connectivity index (χ3n) is 5.62. The highest BCUT2D eigenvalue weighted by atomic mass is 15.2. The summed E-state index contributed by atoms with van der Waals surface area (Å²) in [6.45, 7) is 10.0. The van der Waals surface area contributed by atoms with Crippen LogP contribution in [0.3, 0.4) is 0 Å². The van der Waals surface area contributed by atoms with Crippen molar-refractivity contribution in [1.82, 2.24) is 25.4 Å². The summed E-state index contributed by atoms with van der Waals surface area (Å²) in [6, 6.07) is 6.59. The van der Waals surface area contributed by atoms with Crippen LogP contribution >= 0.6 is 0 Å². The van der Waals surface area contributed by atoms with E-state index >= 15 is 0 Å². The maximum atomic E-state index is 4.35. The lowest BCUT2D eigenvalue weighted by Crippen LogP contribution is -2.44. The highest BCUT2D eigenvalue weighted by Crippen LogP contribution is 2.19. The van der Waals surface area contributed by atoms with E-state index in [1.165, 1.54) is 67.6 Å². The van der Waals surface area contributed by atoms with Crippen LogP contribution in [0, 0.1) is 6.92 Å². The number of benzene rings is 1. The van der Waals surface area contributed by atoms with E-state index in [9.17, 15) is 0 Å². The van der Waals surface area contributed by atoms with E-state index in [0.29, 0.717) is 0 Å². The molecule has 0 aliphatic carbocycles. The topological polar surface area (TPSA) is 58.7 Å². The van der Waals surface area contributed by atoms with E-state index in [1.54, 1.807) is 0 Å². The van der Waals surface area contributed by atoms with Gasteiger partial charge < -0.3 is 25.4 Å². The van der Waals surface area contributed by atoms with Crippen LogP contribution in [0.5, 0.6) is 0 Å². The van der Waals surface area contributed by atoms with Gasteiger partial charge in [-0.25, -0.2) is 0 Å². The molecule has 1 aliphatic rings. The Morgan fingerprint density at radius 3 is 2.68 bits per heavy atom. The van der Waals surface area contributed by atoms with Crippen LogP contribution in [0.15, 0.2) is 29.4 Å². The normalized spacial score (nSPS) is 16.6. The van der Waals surface area contributed by atoms with Crippen LogP contribution in [-0.4, -0.2) is 80.7 Å². The SMILES string of the molecule is CN=C(NCCCCN1CCN(C)CC1)NCCc1c[nH]c2cc(C)ccc12. The lowest BCUT2D eigenvalue weighted by molar-refractivity contribution is 0.152. The van der Waals surface area contributed by atoms with Crippen molar-refractivity contribution >= 4 is 16.9 Å². The summed E-state index contributed by atoms with van der Waals surface area (Å²) in [5.74, 6) is 0.898. The number of rotatable bonds is 8. The molecule has 0 bridgehead atoms. The molecule has 154 valence electrons. The number of likely N-dealkylation sites (N-methyl/N-ethyl adjacent to an activating group) is 1. The Kier molecular flexibility index (Phi) is 7.74. The van der Waals surface area contributed by atoms with E-state index in [4.69, 9.17) is 0 Å². The molecule has 0 radical (unpaired) electrons. The van der Waals surface area contributed by atoms with Gasteiger partial charge in [0, 0.05) is 63.4 Å². The van der Waals surface area contributed by atoms with E-state index in [0.717, 1.165) is 25.5 Å². The molecule has 1 aliphatic heterocycles. The minimum atomic E-state index is 0.877. The van der Waals surface area contributed by atoms with Crippen LogP contribution in [0.4, 0.5) is 0 Å². The van der Waals surface area contributed by atoms with Gasteiger partial charge in [-0.2, -0.15) is 0 Å². The van der Waals surface area contributed by atoms with Gasteiger partial charge >= 0.3 is 0 Å². The van der Waals surface area contributed by atoms with Crippen molar-refractivity contribution in [3.63, 3.8) is 0 Å². The number of aromatic amines is 1. The minimum absolute atomic E-state index is 0.877. The van der Waals surface area contributed by atoms with Crippen molar-refractivity contribution in [2.45, 2.75) is 26.2 Å². The molecule has 6 heteroatoms. The van der Waals surface area contributed by atoms with Crippen LogP contribution < -0.4 is 10.6 Å². The van der Waals surface area contributed by atoms with Gasteiger partial charge in [-0.15, -0.1) is 0 Å². The van der Waals surface area contributed by atoms with E-state index in [2.05, 4.69) is 68.8 Å². The van der Waals surface area contributed by atoms with Crippen LogP contribution in [0.2, 0.25) is 0 Å². The number of guanidine groups is 1. The van der Waals surface area contributed by atoms with Crippen LogP contribution in [-0.2, 0) is 6.42 Å². The number of aryl methyl sites for hydroxylation is 1. The lowest BCUT2D eigenvalue weighted by atomic mass is 10.1. The third-order valence-corrected chi connectivity index (χ3v) is 5.62. The molecular weight excluding hydrogens is 348 g/mol. The molecule has 2 aromatic rings. The molecule has 1 fully saturated rings. The van der Waals surface area contributed by atoms with E-state index < -0.39 is 0 Å². The van der Waals surface area contributed by atoms with Crippen molar-refractivity contribution in [2.75, 3.05) is 59.9 Å². The summed E-state index contributed by atoms with van der Waals surface area (Å²) in [5.41, 5.74) is 3.86. The summed E-state index contributed by atoms with van der Waals surface area (Å²) in [6.07, 6.45) is 5.52. The first kappa shape index (κ1) is 20.7. The molecule has 6 nitrogen and oxygen atoms in total. The monoisotopic (exact) mass is 384 g/mol. The fourth-order valence-electron chi connectivity index (χ4n) is 3.78. The molecule has 0 spiro atoms. The lowest BCUT2D eigenvalue weighted by Gasteiger charge is -2.32. The number of aliphatic imine (C=N–C) groups is 1. The van der Waals surface area contributed by atoms with Crippen molar-refractivity contribution in [3.05, 3.63) is 35.5 Å². The predicted molar refractivity (Wildman–Crippen MR) is 119 cm³/mol. The molecule has 0 unspecified atom stereocenters. The Balaban J connectivity index is 1.31. The molecule has 1 aromatic carbocycles. The second kappa shape index (κ2) is 10.5. The highest BCUT2D eigenvalue weighted by Gasteiger charge is 2.12. The number of unbranched alkanes of at least 4 members (excludes halogenated alkanes) is 1. The third kappa shape index (κ3) is 5.97. The highest BCUT2D eigenvalue weighted by molar-refractivity contribution is 5.84. The van der Waals surface area contributed by atoms with Crippen molar-refractivity contribution in [3.8, 4) is 0 Å². The van der Waals surface area contributed by atoms with Gasteiger partial charge in [0.05, 0.1) is 0 Å². The van der Waals surface area contributed by atoms with Crippen molar-refractivity contribution in [2.24, 2.45) is 4.99 Å². The molecule has 0 saturated carbocycles. The Labute approximate surface area is 169 Å². The molecular formula is C22H36N6. The molecule has 0 atom stereocenters. The molecule has 28 heavy (non-hydrogen) atoms. The molecule has 3 N–H and O–H groups in total. The van der Waals surface area contributed by atoms with Gasteiger partial charge in [0.1, 0.15) is 0 Å². The van der Waals surface area contributed by atoms with Crippen LogP contribution in [0.1, 0.15) is 24.0 Å². The first-order valence-electron chi connectivity index (χ1n) is 10.6. The van der Waals surface area contributed by atoms with Gasteiger partial charge in [-0.1, -0.05) is 12.1 Å². The Morgan fingerprint density at radius 1 is 1.11 bits per heavy atom. The van der Waals surface area contributed by atoms with Gasteiger partial charge in [-0.3, -0.25) is 4.99 Å². The zero-order chi connectivity index (χ0) is 19.8. The molecule has 0 amide bonds. The zero-order valence-electron chi connectivity index (χ0n) is 17.7. The van der Waals surface area contributed by atoms with Crippen molar-refractivity contribution in [1.29, 1.82) is 0 Å². The van der Waals surface area contributed by atoms with Gasteiger partial charge in [0.15, 0.2) is 5.96 Å². The van der Waals surface area contributed by atoms with Crippen molar-refractivity contribution < 1.29 is 0 Å². The van der Waals surface area contributed by atoms with Gasteiger partial charge in [0.2, 0.25) is 0 Å². The minimum Gasteiger partial charge on any atom is -0.361 e. The average Bonchev–Trinajstić information content (AvgIpc) is 3.09. The van der Waals surface area contributed by atoms with Gasteiger partial charge in [-0.05, 0) is 57.0 Å². The Hall–Kier alpha value is -2.05. The Bertz CT molecular complexity index is 757. The second-order valence-corrected chi connectivity index (χ2v) is 7.89. The maximum absolute atomic E-state index is 4.35. The predicted octanol–water partition coefficient (Wildman–Crippen LogP) is 2.21. The number of aromatic nitrogens is 1. The fourth-order valence-corrected chi connectivity index (χ4v) is 3.78. The molecule has 1 aromatic heterocycles. The quantitative estimate of drug-likeness (QED) is 0.371. The first-order chi connectivity index (χ1) is 13.7. The van der Waals surface area contributed by atoms with Gasteiger partial charge in [0.25, 0.3) is 0 Å². The standard InChI is InChI=1S/C22H36N6/c1-18-6-7-20-19(17-26-21(20)16-18)8-10-25-22(23-2)24-9-4-5-11-28-14-12-27(3)13-15-28/h6-7,16-17,26H,4-5,8-15H2,1-3H3,(H2,23,24,25). The summed E-state index contributed by atoms with van der Waals surface area (Å²) in [4.78, 5) is 12.7. The number of H-pyrrole nitrogens is 1. The largest absolute Gasteiger partial charge is 0.361 e. The number of nitrogens with zero attached hydrogens (tertiary/aromatic N) is 3. The first-order valence-corrected chi connectivity index (χ1v) is 10.6. The van der Waals surface area contributed by atoms with E-state index in [-0.39, 0.29) is 0 Å². The molecule has 2 heterocycles. The van der Waals surface area contributed by atoms with Crippen LogP contribution in [0.25, 0.3) is 10.9 Å².